The number of hydrogen-bond donors (Lipinski definition) is 3. The Kier molecular flexibility index (Phi) is 7.13. The average Bonchev–Trinajstić information content (AvgIpc) is 2.44. The molecule has 0 bridgehead atoms. The lowest BCUT2D eigenvalue weighted by atomic mass is 10.1. The molecule has 20 heavy (non-hydrogen) atoms. The van der Waals surface area contributed by atoms with Gasteiger partial charge >= 0.3 is 12.0 Å². The third-order valence-corrected chi connectivity index (χ3v) is 2.70. The van der Waals surface area contributed by atoms with E-state index in [1.165, 1.54) is 0 Å². The first-order chi connectivity index (χ1) is 9.63. The highest BCUT2D eigenvalue weighted by Gasteiger charge is 2.19. The van der Waals surface area contributed by atoms with Crippen molar-refractivity contribution >= 4 is 12.0 Å². The minimum absolute atomic E-state index is 0.252. The molecular formula is C14H20N2O4. The van der Waals surface area contributed by atoms with E-state index in [4.69, 9.17) is 9.84 Å². The molecule has 1 rings (SSSR count). The van der Waals surface area contributed by atoms with Crippen molar-refractivity contribution in [2.45, 2.75) is 18.9 Å². The predicted molar refractivity (Wildman–Crippen MR) is 74.6 cm³/mol. The zero-order valence-electron chi connectivity index (χ0n) is 11.5. The quantitative estimate of drug-likeness (QED) is 0.620. The molecule has 0 radical (unpaired) electrons. The van der Waals surface area contributed by atoms with Crippen LogP contribution in [0.4, 0.5) is 4.79 Å². The number of urea groups is 1. The maximum absolute atomic E-state index is 11.6. The normalized spacial score (nSPS) is 11.7. The predicted octanol–water partition coefficient (Wildman–Crippen LogP) is 1.02. The summed E-state index contributed by atoms with van der Waals surface area (Å²) in [7, 11) is 1.58. The fraction of sp³-hybridized carbons (Fsp3) is 0.429. The number of carboxylic acids is 1. The van der Waals surface area contributed by atoms with Crippen LogP contribution in [0.1, 0.15) is 12.0 Å². The van der Waals surface area contributed by atoms with E-state index in [9.17, 15) is 9.59 Å². The van der Waals surface area contributed by atoms with Crippen LogP contribution in [0.2, 0.25) is 0 Å². The molecule has 0 aliphatic rings. The van der Waals surface area contributed by atoms with Crippen LogP contribution >= 0.6 is 0 Å². The average molecular weight is 280 g/mol. The van der Waals surface area contributed by atoms with Gasteiger partial charge in [-0.15, -0.1) is 0 Å². The van der Waals surface area contributed by atoms with Crippen molar-refractivity contribution in [3.05, 3.63) is 35.9 Å². The molecule has 1 aromatic rings. The van der Waals surface area contributed by atoms with Gasteiger partial charge in [0.1, 0.15) is 6.04 Å². The fourth-order valence-electron chi connectivity index (χ4n) is 1.68. The number of benzene rings is 1. The van der Waals surface area contributed by atoms with Gasteiger partial charge in [0, 0.05) is 26.7 Å². The molecule has 0 unspecified atom stereocenters. The Balaban J connectivity index is 2.43. The standard InChI is InChI=1S/C14H20N2O4/c1-20-9-5-8-15-14(19)16-12(13(17)18)10-11-6-3-2-4-7-11/h2-4,6-7,12H,5,8-10H2,1H3,(H,17,18)(H2,15,16,19)/t12-/m1/s1. The van der Waals surface area contributed by atoms with Crippen LogP contribution in [0.15, 0.2) is 30.3 Å². The number of ether oxygens (including phenoxy) is 1. The number of nitrogens with one attached hydrogen (secondary N) is 2. The monoisotopic (exact) mass is 280 g/mol. The summed E-state index contributed by atoms with van der Waals surface area (Å²) in [5, 5.41) is 14.2. The van der Waals surface area contributed by atoms with Gasteiger partial charge in [-0.2, -0.15) is 0 Å². The molecule has 0 spiro atoms. The molecule has 0 saturated carbocycles. The number of methoxy groups -OCH3 is 1. The van der Waals surface area contributed by atoms with Gasteiger partial charge in [0.05, 0.1) is 0 Å². The van der Waals surface area contributed by atoms with Crippen molar-refractivity contribution in [3.8, 4) is 0 Å². The van der Waals surface area contributed by atoms with E-state index in [-0.39, 0.29) is 6.42 Å². The number of carbonyl (C=O) groups excluding carboxylic acids is 1. The van der Waals surface area contributed by atoms with Crippen molar-refractivity contribution in [2.24, 2.45) is 0 Å². The van der Waals surface area contributed by atoms with Crippen LogP contribution < -0.4 is 10.6 Å². The van der Waals surface area contributed by atoms with Gasteiger partial charge < -0.3 is 20.5 Å². The summed E-state index contributed by atoms with van der Waals surface area (Å²) < 4.78 is 4.86. The number of carbonyl (C=O) groups is 2. The lowest BCUT2D eigenvalue weighted by Gasteiger charge is -2.15. The molecule has 0 aromatic heterocycles. The fourth-order valence-corrected chi connectivity index (χ4v) is 1.68. The van der Waals surface area contributed by atoms with Crippen LogP contribution in [-0.2, 0) is 16.0 Å². The van der Waals surface area contributed by atoms with Crippen LogP contribution in [0.3, 0.4) is 0 Å². The van der Waals surface area contributed by atoms with Crippen molar-refractivity contribution in [2.75, 3.05) is 20.3 Å². The summed E-state index contributed by atoms with van der Waals surface area (Å²) in [6.07, 6.45) is 0.933. The number of carboxylic acid groups (broad SMARTS) is 1. The molecule has 3 N–H and O–H groups in total. The lowest BCUT2D eigenvalue weighted by Crippen LogP contribution is -2.47. The number of aliphatic carboxylic acids is 1. The maximum atomic E-state index is 11.6. The second-order valence-electron chi connectivity index (χ2n) is 4.33. The van der Waals surface area contributed by atoms with E-state index >= 15 is 0 Å². The summed E-state index contributed by atoms with van der Waals surface area (Å²) in [4.78, 5) is 22.7. The van der Waals surface area contributed by atoms with E-state index in [0.717, 1.165) is 5.56 Å². The Hall–Kier alpha value is -2.08. The number of rotatable bonds is 8. The first-order valence-corrected chi connectivity index (χ1v) is 6.43. The van der Waals surface area contributed by atoms with E-state index in [0.29, 0.717) is 19.6 Å². The zero-order valence-corrected chi connectivity index (χ0v) is 11.5. The molecule has 2 amide bonds. The minimum Gasteiger partial charge on any atom is -0.480 e. The molecule has 0 saturated heterocycles. The molecule has 110 valence electrons. The Morgan fingerprint density at radius 3 is 2.60 bits per heavy atom. The SMILES string of the molecule is COCCCNC(=O)N[C@H](Cc1ccccc1)C(=O)O. The smallest absolute Gasteiger partial charge is 0.326 e. The van der Waals surface area contributed by atoms with Crippen LogP contribution in [0.25, 0.3) is 0 Å². The molecule has 0 aliphatic heterocycles. The Bertz CT molecular complexity index is 422. The Labute approximate surface area is 118 Å². The number of amides is 2. The molecule has 6 nitrogen and oxygen atoms in total. The highest BCUT2D eigenvalue weighted by Crippen LogP contribution is 2.03. The van der Waals surface area contributed by atoms with Gasteiger partial charge in [0.15, 0.2) is 0 Å². The second-order valence-corrected chi connectivity index (χ2v) is 4.33. The van der Waals surface area contributed by atoms with E-state index in [1.807, 2.05) is 30.3 Å². The highest BCUT2D eigenvalue weighted by atomic mass is 16.5. The largest absolute Gasteiger partial charge is 0.480 e. The molecule has 6 heteroatoms. The van der Waals surface area contributed by atoms with Crippen molar-refractivity contribution in [3.63, 3.8) is 0 Å². The first-order valence-electron chi connectivity index (χ1n) is 6.43. The van der Waals surface area contributed by atoms with Crippen molar-refractivity contribution < 1.29 is 19.4 Å². The van der Waals surface area contributed by atoms with Gasteiger partial charge in [0.25, 0.3) is 0 Å². The van der Waals surface area contributed by atoms with Gasteiger partial charge in [-0.1, -0.05) is 30.3 Å². The van der Waals surface area contributed by atoms with E-state index in [1.54, 1.807) is 7.11 Å². The number of hydrogen-bond acceptors (Lipinski definition) is 3. The lowest BCUT2D eigenvalue weighted by molar-refractivity contribution is -0.139. The van der Waals surface area contributed by atoms with E-state index in [2.05, 4.69) is 10.6 Å². The van der Waals surface area contributed by atoms with Gasteiger partial charge in [-0.25, -0.2) is 9.59 Å². The molecular weight excluding hydrogens is 260 g/mol. The van der Waals surface area contributed by atoms with Crippen LogP contribution in [-0.4, -0.2) is 43.4 Å². The summed E-state index contributed by atoms with van der Waals surface area (Å²) in [5.74, 6) is -1.05. The first kappa shape index (κ1) is 16.0. The van der Waals surface area contributed by atoms with Gasteiger partial charge in [-0.3, -0.25) is 0 Å². The topological polar surface area (TPSA) is 87.7 Å². The molecule has 1 aromatic carbocycles. The molecule has 0 heterocycles. The van der Waals surface area contributed by atoms with Gasteiger partial charge in [-0.05, 0) is 12.0 Å². The molecule has 1 atom stereocenters. The summed E-state index contributed by atoms with van der Waals surface area (Å²) in [5.41, 5.74) is 0.861. The zero-order chi connectivity index (χ0) is 14.8. The van der Waals surface area contributed by atoms with Crippen molar-refractivity contribution in [1.82, 2.24) is 10.6 Å². The second kappa shape index (κ2) is 8.92. The third-order valence-electron chi connectivity index (χ3n) is 2.70. The van der Waals surface area contributed by atoms with Gasteiger partial charge in [0.2, 0.25) is 0 Å². The maximum Gasteiger partial charge on any atom is 0.326 e. The summed E-state index contributed by atoms with van der Waals surface area (Å²) in [6, 6.07) is 7.75. The molecule has 0 fully saturated rings. The summed E-state index contributed by atoms with van der Waals surface area (Å²) in [6.45, 7) is 0.990. The van der Waals surface area contributed by atoms with Crippen LogP contribution in [0, 0.1) is 0 Å². The van der Waals surface area contributed by atoms with E-state index < -0.39 is 18.0 Å². The van der Waals surface area contributed by atoms with Crippen molar-refractivity contribution in [1.29, 1.82) is 0 Å². The highest BCUT2D eigenvalue weighted by molar-refractivity contribution is 5.82. The Morgan fingerprint density at radius 2 is 2.00 bits per heavy atom. The van der Waals surface area contributed by atoms with Crippen LogP contribution in [0.5, 0.6) is 0 Å². The molecule has 0 aliphatic carbocycles. The third kappa shape index (κ3) is 6.19. The minimum atomic E-state index is -1.05. The summed E-state index contributed by atoms with van der Waals surface area (Å²) >= 11 is 0. The Morgan fingerprint density at radius 1 is 1.30 bits per heavy atom.